The van der Waals surface area contributed by atoms with E-state index in [1.165, 1.54) is 17.5 Å². The van der Waals surface area contributed by atoms with Gasteiger partial charge in [-0.05, 0) is 62.1 Å². The highest BCUT2D eigenvalue weighted by Gasteiger charge is 2.44. The van der Waals surface area contributed by atoms with Gasteiger partial charge in [-0.2, -0.15) is 4.31 Å². The second kappa shape index (κ2) is 16.1. The minimum absolute atomic E-state index is 0.00171. The Morgan fingerprint density at radius 3 is 2.70 bits per heavy atom. The van der Waals surface area contributed by atoms with Crippen molar-refractivity contribution >= 4 is 16.1 Å². The van der Waals surface area contributed by atoms with Gasteiger partial charge in [0.1, 0.15) is 22.5 Å². The maximum Gasteiger partial charge on any atom is 0.407 e. The number of amides is 1. The Morgan fingerprint density at radius 1 is 1.09 bits per heavy atom. The van der Waals surface area contributed by atoms with E-state index in [0.717, 1.165) is 37.7 Å². The molecule has 2 aromatic carbocycles. The average molecular weight is 659 g/mol. The number of methoxy groups -OCH3 is 1. The molecule has 0 bridgehead atoms. The third kappa shape index (κ3) is 8.80. The number of nitrogens with one attached hydrogen (secondary N) is 1. The third-order valence-electron chi connectivity index (χ3n) is 8.75. The number of fused-ring (bicyclic) bond motifs is 2. The first-order valence-electron chi connectivity index (χ1n) is 16.1. The highest BCUT2D eigenvalue weighted by atomic mass is 32.2. The molecule has 0 aromatic heterocycles. The van der Waals surface area contributed by atoms with E-state index in [0.29, 0.717) is 19.0 Å². The molecule has 6 atom stereocenters. The first kappa shape index (κ1) is 34.2. The Balaban J connectivity index is 1.40. The van der Waals surface area contributed by atoms with Crippen LogP contribution in [-0.2, 0) is 30.7 Å². The molecule has 0 aliphatic carbocycles. The summed E-state index contributed by atoms with van der Waals surface area (Å²) in [5, 5.41) is 14.6. The summed E-state index contributed by atoms with van der Waals surface area (Å²) in [5.74, 6) is 0.625. The molecular weight excluding hydrogens is 612 g/mol. The van der Waals surface area contributed by atoms with Gasteiger partial charge in [0.05, 0.1) is 45.0 Å². The van der Waals surface area contributed by atoms with Crippen molar-refractivity contribution < 1.29 is 42.0 Å². The van der Waals surface area contributed by atoms with Crippen LogP contribution in [0.1, 0.15) is 44.6 Å². The minimum atomic E-state index is -4.15. The van der Waals surface area contributed by atoms with Crippen LogP contribution >= 0.6 is 0 Å². The van der Waals surface area contributed by atoms with Gasteiger partial charge in [-0.1, -0.05) is 49.4 Å². The Morgan fingerprint density at radius 2 is 1.89 bits per heavy atom. The molecule has 2 fully saturated rings. The molecule has 5 rings (SSSR count). The quantitative estimate of drug-likeness (QED) is 0.399. The first-order valence-corrected chi connectivity index (χ1v) is 17.6. The van der Waals surface area contributed by atoms with Crippen molar-refractivity contribution in [3.63, 3.8) is 0 Å². The van der Waals surface area contributed by atoms with Gasteiger partial charge in [0.25, 0.3) is 0 Å². The van der Waals surface area contributed by atoms with Crippen molar-refractivity contribution in [1.82, 2.24) is 9.62 Å². The number of rotatable bonds is 8. The highest BCUT2D eigenvalue weighted by molar-refractivity contribution is 7.89. The van der Waals surface area contributed by atoms with Crippen molar-refractivity contribution in [3.05, 3.63) is 66.2 Å². The third-order valence-corrected chi connectivity index (χ3v) is 10.6. The summed E-state index contributed by atoms with van der Waals surface area (Å²) in [4.78, 5) is 13.2. The summed E-state index contributed by atoms with van der Waals surface area (Å²) in [6.45, 7) is 3.04. The molecule has 1 amide bonds. The summed E-state index contributed by atoms with van der Waals surface area (Å²) in [6, 6.07) is 13.2. The van der Waals surface area contributed by atoms with Crippen LogP contribution in [0.25, 0.3) is 0 Å². The summed E-state index contributed by atoms with van der Waals surface area (Å²) >= 11 is 0. The van der Waals surface area contributed by atoms with Crippen LogP contribution in [-0.4, -0.2) is 88.5 Å². The molecule has 252 valence electrons. The maximum absolute atomic E-state index is 14.4. The number of hydrogen-bond acceptors (Lipinski definition) is 9. The largest absolute Gasteiger partial charge is 0.497 e. The van der Waals surface area contributed by atoms with E-state index >= 15 is 0 Å². The molecular formula is C34H46N2O9S. The Hall–Kier alpha value is -3.16. The van der Waals surface area contributed by atoms with Gasteiger partial charge in [-0.25, -0.2) is 13.2 Å². The number of ether oxygens (including phenoxy) is 5. The Labute approximate surface area is 271 Å². The lowest BCUT2D eigenvalue weighted by molar-refractivity contribution is -0.0907. The summed E-state index contributed by atoms with van der Waals surface area (Å²) < 4.78 is 58.3. The lowest BCUT2D eigenvalue weighted by atomic mass is 10.0. The van der Waals surface area contributed by atoms with Crippen molar-refractivity contribution in [2.24, 2.45) is 11.8 Å². The maximum atomic E-state index is 14.4. The molecule has 3 aliphatic rings. The van der Waals surface area contributed by atoms with Crippen molar-refractivity contribution in [3.8, 4) is 11.5 Å². The number of carbonyl (C=O) groups excluding carboxylic acids is 1. The minimum Gasteiger partial charge on any atom is -0.497 e. The second-order valence-electron chi connectivity index (χ2n) is 12.3. The van der Waals surface area contributed by atoms with Gasteiger partial charge in [0.15, 0.2) is 6.29 Å². The molecule has 11 nitrogen and oxygen atoms in total. The van der Waals surface area contributed by atoms with Crippen LogP contribution in [0.4, 0.5) is 4.79 Å². The molecule has 12 heteroatoms. The first-order chi connectivity index (χ1) is 22.2. The van der Waals surface area contributed by atoms with Crippen LogP contribution in [0.2, 0.25) is 0 Å². The molecule has 0 saturated carbocycles. The number of sulfonamides is 1. The van der Waals surface area contributed by atoms with Gasteiger partial charge in [0, 0.05) is 19.2 Å². The number of benzene rings is 2. The summed E-state index contributed by atoms with van der Waals surface area (Å²) in [6.07, 6.45) is 5.59. The van der Waals surface area contributed by atoms with Crippen LogP contribution in [0.15, 0.2) is 65.6 Å². The molecule has 3 heterocycles. The fourth-order valence-corrected chi connectivity index (χ4v) is 7.84. The van der Waals surface area contributed by atoms with Gasteiger partial charge >= 0.3 is 6.09 Å². The van der Waals surface area contributed by atoms with E-state index in [9.17, 15) is 18.3 Å². The molecule has 2 saturated heterocycles. The van der Waals surface area contributed by atoms with Gasteiger partial charge in [0.2, 0.25) is 10.0 Å². The van der Waals surface area contributed by atoms with Crippen molar-refractivity contribution in [1.29, 1.82) is 0 Å². The van der Waals surface area contributed by atoms with E-state index in [4.69, 9.17) is 23.7 Å². The van der Waals surface area contributed by atoms with Crippen LogP contribution in [0, 0.1) is 11.8 Å². The van der Waals surface area contributed by atoms with Crippen LogP contribution < -0.4 is 14.8 Å². The lowest BCUT2D eigenvalue weighted by Gasteiger charge is -2.32. The molecule has 0 spiro atoms. The van der Waals surface area contributed by atoms with Gasteiger partial charge in [-0.3, -0.25) is 0 Å². The molecule has 2 aromatic rings. The monoisotopic (exact) mass is 658 g/mol. The number of hydrogen-bond donors (Lipinski definition) is 2. The molecule has 0 unspecified atom stereocenters. The fourth-order valence-electron chi connectivity index (χ4n) is 6.15. The average Bonchev–Trinajstić information content (AvgIpc) is 3.67. The molecule has 0 radical (unpaired) electrons. The second-order valence-corrected chi connectivity index (χ2v) is 14.2. The Bertz CT molecular complexity index is 1420. The number of carbonyl (C=O) groups is 1. The lowest BCUT2D eigenvalue weighted by Crippen LogP contribution is -2.51. The molecule has 3 aliphatic heterocycles. The van der Waals surface area contributed by atoms with E-state index in [1.54, 1.807) is 12.1 Å². The predicted molar refractivity (Wildman–Crippen MR) is 171 cm³/mol. The highest BCUT2D eigenvalue weighted by Crippen LogP contribution is 2.34. The van der Waals surface area contributed by atoms with Crippen molar-refractivity contribution in [2.45, 2.75) is 74.9 Å². The van der Waals surface area contributed by atoms with Crippen molar-refractivity contribution in [2.75, 3.05) is 40.0 Å². The number of nitrogens with zero attached hydrogens (tertiary/aromatic N) is 1. The summed E-state index contributed by atoms with van der Waals surface area (Å²) in [7, 11) is -2.63. The van der Waals surface area contributed by atoms with E-state index in [2.05, 4.69) is 17.5 Å². The van der Waals surface area contributed by atoms with Crippen LogP contribution in [0.3, 0.4) is 0 Å². The normalized spacial score (nSPS) is 27.2. The topological polar surface area (TPSA) is 133 Å². The van der Waals surface area contributed by atoms with Gasteiger partial charge in [-0.15, -0.1) is 0 Å². The number of allylic oxidation sites excluding steroid dienone is 2. The zero-order valence-electron chi connectivity index (χ0n) is 26.6. The standard InChI is InChI=1S/C34H46N2O9S/c1-24-11-7-4-3-5-10-17-42-30-20-26(41-2)14-15-32(30)46(39,40)36(21-24)22-29(37)28(19-25-12-8-6-9-13-25)35-34(38)45-31-23-44-33-27(31)16-18-43-33/h3-4,6,8-9,12-15,20,24,27-29,31,33,37H,5,7,10-11,16-19,21-23H2,1-2H3,(H,35,38)/b4-3+/t24-,27-,28-,29+,31-,33+/m0/s1. The van der Waals surface area contributed by atoms with E-state index in [1.807, 2.05) is 37.3 Å². The number of β-amino-alcohol motifs (C(OH)–C–C–N with tert-alkyl or cyclic N) is 1. The number of aliphatic hydroxyl groups is 1. The SMILES string of the molecule is COc1ccc2c(c1)OCCC/C=C/CC[C@H](C)CN(C[C@@H](O)[C@H](Cc1ccccc1)NC(=O)O[C@H]1CO[C@H]3OCC[C@H]31)S2(=O)=O. The molecule has 2 N–H and O–H groups in total. The smallest absolute Gasteiger partial charge is 0.407 e. The zero-order valence-corrected chi connectivity index (χ0v) is 27.4. The fraction of sp³-hybridized carbons (Fsp3) is 0.559. The van der Waals surface area contributed by atoms with E-state index < -0.39 is 34.4 Å². The van der Waals surface area contributed by atoms with Gasteiger partial charge < -0.3 is 34.1 Å². The van der Waals surface area contributed by atoms with E-state index in [-0.39, 0.29) is 54.9 Å². The van der Waals surface area contributed by atoms with Crippen LogP contribution in [0.5, 0.6) is 11.5 Å². The number of alkyl carbamates (subject to hydrolysis) is 1. The Kier molecular flexibility index (Phi) is 12.0. The molecule has 46 heavy (non-hydrogen) atoms. The summed E-state index contributed by atoms with van der Waals surface area (Å²) in [5.41, 5.74) is 0.871. The number of aliphatic hydroxyl groups excluding tert-OH is 1. The zero-order chi connectivity index (χ0) is 32.5. The predicted octanol–water partition coefficient (Wildman–Crippen LogP) is 4.29.